The van der Waals surface area contributed by atoms with Crippen molar-refractivity contribution >= 4 is 45.3 Å². The summed E-state index contributed by atoms with van der Waals surface area (Å²) in [7, 11) is 1.67. The number of aliphatic imine (C=N–C) groups is 1. The molecule has 10 heteroatoms. The van der Waals surface area contributed by atoms with Crippen LogP contribution in [-0.2, 0) is 24.2 Å². The summed E-state index contributed by atoms with van der Waals surface area (Å²) in [6.45, 7) is 5.82. The lowest BCUT2D eigenvalue weighted by atomic mass is 10.0. The molecule has 1 aromatic carbocycles. The molecular weight excluding hydrogens is 452 g/mol. The molecule has 1 saturated heterocycles. The molecule has 1 fully saturated rings. The molecule has 3 aliphatic heterocycles. The predicted molar refractivity (Wildman–Crippen MR) is 131 cm³/mol. The SMILES string of the molecule is COc1cc2c(cc1Nc1ncnc3sc4c(c13)CCN(C(=O)N1CCOC[C@@H]1C)C4)C=NC2. The number of rotatable bonds is 3. The first-order valence-electron chi connectivity index (χ1n) is 11.5. The Morgan fingerprint density at radius 3 is 3.06 bits per heavy atom. The third-order valence-electron chi connectivity index (χ3n) is 6.73. The molecule has 0 unspecified atom stereocenters. The Hall–Kier alpha value is -3.24. The molecule has 0 aliphatic carbocycles. The number of hydrogen-bond acceptors (Lipinski definition) is 8. The Bertz CT molecular complexity index is 1310. The fourth-order valence-corrected chi connectivity index (χ4v) is 6.11. The highest BCUT2D eigenvalue weighted by Gasteiger charge is 2.32. The molecule has 0 spiro atoms. The number of thiophene rings is 1. The second-order valence-corrected chi connectivity index (χ2v) is 9.91. The third kappa shape index (κ3) is 3.57. The molecule has 2 amide bonds. The van der Waals surface area contributed by atoms with Gasteiger partial charge in [0.05, 0.1) is 50.5 Å². The molecule has 34 heavy (non-hydrogen) atoms. The van der Waals surface area contributed by atoms with Gasteiger partial charge in [-0.15, -0.1) is 11.3 Å². The number of carbonyl (C=O) groups is 1. The summed E-state index contributed by atoms with van der Waals surface area (Å²) in [6.07, 6.45) is 4.25. The molecule has 1 atom stereocenters. The number of morpholine rings is 1. The van der Waals surface area contributed by atoms with Gasteiger partial charge in [-0.1, -0.05) is 0 Å². The lowest BCUT2D eigenvalue weighted by Crippen LogP contribution is -2.53. The van der Waals surface area contributed by atoms with E-state index in [0.717, 1.165) is 45.0 Å². The van der Waals surface area contributed by atoms with E-state index >= 15 is 0 Å². The highest BCUT2D eigenvalue weighted by molar-refractivity contribution is 7.19. The molecular formula is C24H26N6O3S. The number of hydrogen-bond donors (Lipinski definition) is 1. The average Bonchev–Trinajstić information content (AvgIpc) is 3.47. The fourth-order valence-electron chi connectivity index (χ4n) is 4.91. The fraction of sp³-hybridized carbons (Fsp3) is 0.417. The molecule has 3 aliphatic rings. The number of benzene rings is 1. The third-order valence-corrected chi connectivity index (χ3v) is 7.85. The molecule has 3 aromatic rings. The van der Waals surface area contributed by atoms with Crippen molar-refractivity contribution in [3.63, 3.8) is 0 Å². The Morgan fingerprint density at radius 1 is 1.29 bits per heavy atom. The summed E-state index contributed by atoms with van der Waals surface area (Å²) in [5, 5.41) is 4.52. The van der Waals surface area contributed by atoms with Crippen molar-refractivity contribution < 1.29 is 14.3 Å². The van der Waals surface area contributed by atoms with Crippen LogP contribution in [0.25, 0.3) is 10.2 Å². The van der Waals surface area contributed by atoms with Crippen LogP contribution in [0.2, 0.25) is 0 Å². The first-order chi connectivity index (χ1) is 16.6. The Kier molecular flexibility index (Phi) is 5.34. The maximum Gasteiger partial charge on any atom is 0.320 e. The van der Waals surface area contributed by atoms with E-state index < -0.39 is 0 Å². The van der Waals surface area contributed by atoms with E-state index in [-0.39, 0.29) is 12.1 Å². The van der Waals surface area contributed by atoms with E-state index in [0.29, 0.717) is 39.4 Å². The van der Waals surface area contributed by atoms with Crippen molar-refractivity contribution in [2.75, 3.05) is 38.7 Å². The van der Waals surface area contributed by atoms with Crippen molar-refractivity contribution in [1.29, 1.82) is 0 Å². The number of carbonyl (C=O) groups excluding carboxylic acids is 1. The van der Waals surface area contributed by atoms with Gasteiger partial charge in [0.15, 0.2) is 0 Å². The number of nitrogens with zero attached hydrogens (tertiary/aromatic N) is 5. The summed E-state index contributed by atoms with van der Waals surface area (Å²) in [5.41, 5.74) is 4.32. The van der Waals surface area contributed by atoms with Gasteiger partial charge in [-0.05, 0) is 42.2 Å². The number of amides is 2. The largest absolute Gasteiger partial charge is 0.495 e. The highest BCUT2D eigenvalue weighted by Crippen LogP contribution is 2.40. The number of methoxy groups -OCH3 is 1. The number of ether oxygens (including phenoxy) is 2. The number of nitrogens with one attached hydrogen (secondary N) is 1. The lowest BCUT2D eigenvalue weighted by Gasteiger charge is -2.38. The molecule has 5 heterocycles. The van der Waals surface area contributed by atoms with Gasteiger partial charge in [-0.3, -0.25) is 4.99 Å². The molecule has 2 aromatic heterocycles. The first-order valence-corrected chi connectivity index (χ1v) is 12.3. The minimum absolute atomic E-state index is 0.0906. The van der Waals surface area contributed by atoms with Gasteiger partial charge >= 0.3 is 6.03 Å². The van der Waals surface area contributed by atoms with Gasteiger partial charge < -0.3 is 24.6 Å². The lowest BCUT2D eigenvalue weighted by molar-refractivity contribution is 0.00947. The number of urea groups is 1. The van der Waals surface area contributed by atoms with E-state index in [1.165, 1.54) is 10.4 Å². The van der Waals surface area contributed by atoms with Crippen LogP contribution < -0.4 is 10.1 Å². The van der Waals surface area contributed by atoms with Crippen LogP contribution in [0, 0.1) is 0 Å². The molecule has 176 valence electrons. The number of anilines is 2. The van der Waals surface area contributed by atoms with E-state index in [4.69, 9.17) is 9.47 Å². The molecule has 0 bridgehead atoms. The summed E-state index contributed by atoms with van der Waals surface area (Å²) >= 11 is 1.64. The monoisotopic (exact) mass is 478 g/mol. The van der Waals surface area contributed by atoms with Crippen LogP contribution in [-0.4, -0.2) is 71.5 Å². The summed E-state index contributed by atoms with van der Waals surface area (Å²) in [5.74, 6) is 1.52. The highest BCUT2D eigenvalue weighted by atomic mass is 32.1. The molecule has 9 nitrogen and oxygen atoms in total. The van der Waals surface area contributed by atoms with Crippen LogP contribution >= 0.6 is 11.3 Å². The van der Waals surface area contributed by atoms with Crippen LogP contribution in [0.4, 0.5) is 16.3 Å². The quantitative estimate of drug-likeness (QED) is 0.619. The number of fused-ring (bicyclic) bond motifs is 4. The van der Waals surface area contributed by atoms with Gasteiger partial charge in [0.1, 0.15) is 22.7 Å². The Labute approximate surface area is 201 Å². The standard InChI is InChI=1S/C24H26N6O3S/c1-14-12-33-6-5-30(14)24(31)29-4-3-17-20(11-29)34-23-21(17)22(26-13-27-23)28-18-7-15-9-25-10-16(15)8-19(18)32-2/h7-9,13-14H,3-6,10-12H2,1-2H3,(H,26,27,28)/t14-/m0/s1. The van der Waals surface area contributed by atoms with Crippen molar-refractivity contribution in [2.24, 2.45) is 4.99 Å². The molecule has 0 saturated carbocycles. The maximum atomic E-state index is 13.2. The predicted octanol–water partition coefficient (Wildman–Crippen LogP) is 3.57. The first kappa shape index (κ1) is 21.3. The van der Waals surface area contributed by atoms with Crippen LogP contribution in [0.1, 0.15) is 28.5 Å². The van der Waals surface area contributed by atoms with Gasteiger partial charge in [0, 0.05) is 24.2 Å². The zero-order valence-electron chi connectivity index (χ0n) is 19.2. The Morgan fingerprint density at radius 2 is 2.21 bits per heavy atom. The Balaban J connectivity index is 1.31. The van der Waals surface area contributed by atoms with Gasteiger partial charge in [0.2, 0.25) is 0 Å². The molecule has 1 N–H and O–H groups in total. The van der Waals surface area contributed by atoms with E-state index in [2.05, 4.69) is 26.3 Å². The summed E-state index contributed by atoms with van der Waals surface area (Å²) in [4.78, 5) is 32.7. The summed E-state index contributed by atoms with van der Waals surface area (Å²) < 4.78 is 11.1. The zero-order chi connectivity index (χ0) is 23.2. The maximum absolute atomic E-state index is 13.2. The minimum Gasteiger partial charge on any atom is -0.495 e. The number of aromatic nitrogens is 2. The van der Waals surface area contributed by atoms with Crippen molar-refractivity contribution in [3.05, 3.63) is 40.0 Å². The van der Waals surface area contributed by atoms with E-state index in [1.807, 2.05) is 29.0 Å². The topological polar surface area (TPSA) is 92.2 Å². The van der Waals surface area contributed by atoms with Crippen molar-refractivity contribution in [1.82, 2.24) is 19.8 Å². The van der Waals surface area contributed by atoms with Crippen molar-refractivity contribution in [2.45, 2.75) is 32.5 Å². The smallest absolute Gasteiger partial charge is 0.320 e. The normalized spacial score (nSPS) is 19.3. The van der Waals surface area contributed by atoms with Crippen molar-refractivity contribution in [3.8, 4) is 5.75 Å². The molecule has 0 radical (unpaired) electrons. The van der Waals surface area contributed by atoms with E-state index in [9.17, 15) is 4.79 Å². The second-order valence-electron chi connectivity index (χ2n) is 8.82. The second kappa shape index (κ2) is 8.52. The average molecular weight is 479 g/mol. The minimum atomic E-state index is 0.0906. The van der Waals surface area contributed by atoms with Gasteiger partial charge in [-0.2, -0.15) is 0 Å². The van der Waals surface area contributed by atoms with Gasteiger partial charge in [0.25, 0.3) is 0 Å². The van der Waals surface area contributed by atoms with Crippen LogP contribution in [0.5, 0.6) is 5.75 Å². The van der Waals surface area contributed by atoms with Crippen LogP contribution in [0.15, 0.2) is 23.5 Å². The zero-order valence-corrected chi connectivity index (χ0v) is 20.0. The van der Waals surface area contributed by atoms with Gasteiger partial charge in [-0.25, -0.2) is 14.8 Å². The van der Waals surface area contributed by atoms with Crippen LogP contribution in [0.3, 0.4) is 0 Å². The van der Waals surface area contributed by atoms with E-state index in [1.54, 1.807) is 24.8 Å². The molecule has 6 rings (SSSR count). The summed E-state index contributed by atoms with van der Waals surface area (Å²) in [6, 6.07) is 4.27.